The van der Waals surface area contributed by atoms with E-state index in [1.54, 1.807) is 13.3 Å². The molecule has 2 fully saturated rings. The van der Waals surface area contributed by atoms with Gasteiger partial charge in [0.15, 0.2) is 11.5 Å². The van der Waals surface area contributed by atoms with Crippen molar-refractivity contribution in [3.8, 4) is 11.5 Å². The summed E-state index contributed by atoms with van der Waals surface area (Å²) in [7, 11) is 1.62. The van der Waals surface area contributed by atoms with Crippen molar-refractivity contribution in [3.63, 3.8) is 0 Å². The van der Waals surface area contributed by atoms with Gasteiger partial charge in [-0.15, -0.1) is 0 Å². The first-order valence-electron chi connectivity index (χ1n) is 9.74. The van der Waals surface area contributed by atoms with E-state index in [0.29, 0.717) is 44.3 Å². The molecule has 28 heavy (non-hydrogen) atoms. The van der Waals surface area contributed by atoms with Crippen LogP contribution in [-0.4, -0.2) is 77.9 Å². The average molecular weight is 386 g/mol. The van der Waals surface area contributed by atoms with Crippen molar-refractivity contribution in [3.05, 3.63) is 24.7 Å². The van der Waals surface area contributed by atoms with Gasteiger partial charge in [-0.1, -0.05) is 0 Å². The van der Waals surface area contributed by atoms with Crippen molar-refractivity contribution in [2.75, 3.05) is 39.9 Å². The summed E-state index contributed by atoms with van der Waals surface area (Å²) >= 11 is 0. The van der Waals surface area contributed by atoms with Gasteiger partial charge in [0.1, 0.15) is 12.4 Å². The molecule has 0 aliphatic carbocycles. The van der Waals surface area contributed by atoms with Crippen LogP contribution in [0.1, 0.15) is 19.8 Å². The zero-order valence-electron chi connectivity index (χ0n) is 16.3. The molecule has 0 N–H and O–H groups in total. The molecule has 8 heteroatoms. The quantitative estimate of drug-likeness (QED) is 0.806. The number of rotatable bonds is 3. The molecular formula is C20H26N4O4. The standard InChI is InChI=1S/C20H26N4O4/c1-14-12-24(7-8-27-14)20(25)23-5-3-16(4-6-23)28-19-9-15-11-21-13-22-17(15)10-18(19)26-2/h9-11,13-14,16H,3-8,12H2,1-2H3. The van der Waals surface area contributed by atoms with Crippen molar-refractivity contribution in [1.29, 1.82) is 0 Å². The molecule has 8 nitrogen and oxygen atoms in total. The van der Waals surface area contributed by atoms with Gasteiger partial charge >= 0.3 is 6.03 Å². The molecule has 2 aromatic rings. The van der Waals surface area contributed by atoms with E-state index < -0.39 is 0 Å². The number of urea groups is 1. The van der Waals surface area contributed by atoms with Crippen LogP contribution >= 0.6 is 0 Å². The second kappa shape index (κ2) is 8.18. The largest absolute Gasteiger partial charge is 0.493 e. The molecule has 1 unspecified atom stereocenters. The van der Waals surface area contributed by atoms with Gasteiger partial charge in [0.25, 0.3) is 0 Å². The number of piperidine rings is 1. The summed E-state index contributed by atoms with van der Waals surface area (Å²) in [5.74, 6) is 1.35. The highest BCUT2D eigenvalue weighted by Gasteiger charge is 2.30. The molecule has 2 aliphatic rings. The number of hydrogen-bond acceptors (Lipinski definition) is 6. The van der Waals surface area contributed by atoms with Crippen molar-refractivity contribution in [2.24, 2.45) is 0 Å². The molecule has 0 bridgehead atoms. The number of morpholine rings is 1. The minimum atomic E-state index is 0.0450. The fourth-order valence-electron chi connectivity index (χ4n) is 3.78. The third-order valence-electron chi connectivity index (χ3n) is 5.31. The van der Waals surface area contributed by atoms with E-state index >= 15 is 0 Å². The first kappa shape index (κ1) is 18.7. The smallest absolute Gasteiger partial charge is 0.320 e. The lowest BCUT2D eigenvalue weighted by Gasteiger charge is -2.38. The molecule has 1 aromatic heterocycles. The van der Waals surface area contributed by atoms with Gasteiger partial charge in [0.2, 0.25) is 0 Å². The van der Waals surface area contributed by atoms with Crippen LogP contribution in [0.15, 0.2) is 24.7 Å². The minimum absolute atomic E-state index is 0.0450. The highest BCUT2D eigenvalue weighted by molar-refractivity contribution is 5.81. The van der Waals surface area contributed by atoms with Gasteiger partial charge in [-0.25, -0.2) is 14.8 Å². The Hall–Kier alpha value is -2.61. The number of likely N-dealkylation sites (tertiary alicyclic amines) is 1. The van der Waals surface area contributed by atoms with Crippen molar-refractivity contribution < 1.29 is 19.0 Å². The second-order valence-corrected chi connectivity index (χ2v) is 7.30. The van der Waals surface area contributed by atoms with Crippen LogP contribution in [0, 0.1) is 0 Å². The molecule has 2 saturated heterocycles. The molecule has 4 rings (SSSR count). The summed E-state index contributed by atoms with van der Waals surface area (Å²) in [6.07, 6.45) is 5.01. The maximum absolute atomic E-state index is 12.7. The topological polar surface area (TPSA) is 77.0 Å². The minimum Gasteiger partial charge on any atom is -0.493 e. The fraction of sp³-hybridized carbons (Fsp3) is 0.550. The molecule has 0 radical (unpaired) electrons. The van der Waals surface area contributed by atoms with E-state index in [0.717, 1.165) is 23.7 Å². The molecule has 0 spiro atoms. The number of amides is 2. The summed E-state index contributed by atoms with van der Waals surface area (Å²) < 4.78 is 17.2. The molecule has 2 amide bonds. The van der Waals surface area contributed by atoms with Crippen LogP contribution in [0.2, 0.25) is 0 Å². The van der Waals surface area contributed by atoms with Gasteiger partial charge in [-0.3, -0.25) is 0 Å². The number of nitrogens with zero attached hydrogens (tertiary/aromatic N) is 4. The number of aromatic nitrogens is 2. The molecule has 2 aliphatic heterocycles. The SMILES string of the molecule is COc1cc2ncncc2cc1OC1CCN(C(=O)N2CCOC(C)C2)CC1. The zero-order valence-corrected chi connectivity index (χ0v) is 16.3. The summed E-state index contributed by atoms with van der Waals surface area (Å²) in [5.41, 5.74) is 0.819. The average Bonchev–Trinajstić information content (AvgIpc) is 2.73. The predicted molar refractivity (Wildman–Crippen MR) is 104 cm³/mol. The zero-order chi connectivity index (χ0) is 19.5. The van der Waals surface area contributed by atoms with Crippen LogP contribution < -0.4 is 9.47 Å². The number of carbonyl (C=O) groups excluding carboxylic acids is 1. The summed E-state index contributed by atoms with van der Waals surface area (Å²) in [6, 6.07) is 3.89. The van der Waals surface area contributed by atoms with Crippen LogP contribution in [0.3, 0.4) is 0 Å². The molecule has 1 aromatic carbocycles. The highest BCUT2D eigenvalue weighted by atomic mass is 16.5. The van der Waals surface area contributed by atoms with Crippen LogP contribution in [-0.2, 0) is 4.74 Å². The highest BCUT2D eigenvalue weighted by Crippen LogP contribution is 2.33. The lowest BCUT2D eigenvalue weighted by atomic mass is 10.1. The van der Waals surface area contributed by atoms with E-state index in [1.165, 1.54) is 6.33 Å². The van der Waals surface area contributed by atoms with E-state index in [1.807, 2.05) is 28.9 Å². The monoisotopic (exact) mass is 386 g/mol. The van der Waals surface area contributed by atoms with Crippen LogP contribution in [0.25, 0.3) is 10.9 Å². The molecule has 3 heterocycles. The Kier molecular flexibility index (Phi) is 5.47. The Labute approximate surface area is 164 Å². The number of fused-ring (bicyclic) bond motifs is 1. The van der Waals surface area contributed by atoms with Crippen molar-refractivity contribution >= 4 is 16.9 Å². The van der Waals surface area contributed by atoms with Crippen LogP contribution in [0.5, 0.6) is 11.5 Å². The Balaban J connectivity index is 1.38. The second-order valence-electron chi connectivity index (χ2n) is 7.30. The van der Waals surface area contributed by atoms with Crippen molar-refractivity contribution in [1.82, 2.24) is 19.8 Å². The number of methoxy groups -OCH3 is 1. The normalized spacial score (nSPS) is 21.0. The summed E-state index contributed by atoms with van der Waals surface area (Å²) in [5, 5.41) is 0.910. The molecule has 150 valence electrons. The lowest BCUT2D eigenvalue weighted by molar-refractivity contribution is -0.0117. The number of hydrogen-bond donors (Lipinski definition) is 0. The van der Waals surface area contributed by atoms with E-state index in [2.05, 4.69) is 9.97 Å². The Morgan fingerprint density at radius 3 is 2.75 bits per heavy atom. The maximum atomic E-state index is 12.7. The maximum Gasteiger partial charge on any atom is 0.320 e. The fourth-order valence-corrected chi connectivity index (χ4v) is 3.78. The van der Waals surface area contributed by atoms with Gasteiger partial charge < -0.3 is 24.0 Å². The Morgan fingerprint density at radius 1 is 1.18 bits per heavy atom. The summed E-state index contributed by atoms with van der Waals surface area (Å²) in [6.45, 7) is 5.31. The van der Waals surface area contributed by atoms with E-state index in [9.17, 15) is 4.79 Å². The van der Waals surface area contributed by atoms with Crippen molar-refractivity contribution in [2.45, 2.75) is 32.0 Å². The molecule has 0 saturated carbocycles. The lowest BCUT2D eigenvalue weighted by Crippen LogP contribution is -2.52. The van der Waals surface area contributed by atoms with E-state index in [4.69, 9.17) is 14.2 Å². The number of ether oxygens (including phenoxy) is 3. The Bertz CT molecular complexity index is 838. The first-order chi connectivity index (χ1) is 13.6. The van der Waals surface area contributed by atoms with Gasteiger partial charge in [0, 0.05) is 56.7 Å². The van der Waals surface area contributed by atoms with Crippen LogP contribution in [0.4, 0.5) is 4.79 Å². The van der Waals surface area contributed by atoms with Gasteiger partial charge in [0.05, 0.1) is 25.3 Å². The number of benzene rings is 1. The molecule has 1 atom stereocenters. The van der Waals surface area contributed by atoms with Gasteiger partial charge in [-0.2, -0.15) is 0 Å². The third kappa shape index (κ3) is 3.96. The Morgan fingerprint density at radius 2 is 2.00 bits per heavy atom. The van der Waals surface area contributed by atoms with E-state index in [-0.39, 0.29) is 18.2 Å². The predicted octanol–water partition coefficient (Wildman–Crippen LogP) is 2.32. The third-order valence-corrected chi connectivity index (χ3v) is 5.31. The van der Waals surface area contributed by atoms with Gasteiger partial charge in [-0.05, 0) is 13.0 Å². The number of carbonyl (C=O) groups is 1. The summed E-state index contributed by atoms with van der Waals surface area (Å²) in [4.78, 5) is 24.9. The first-order valence-corrected chi connectivity index (χ1v) is 9.74. The molecular weight excluding hydrogens is 360 g/mol.